The third-order valence-corrected chi connectivity index (χ3v) is 4.45. The predicted octanol–water partition coefficient (Wildman–Crippen LogP) is 4.09. The number of hydrogen-bond acceptors (Lipinski definition) is 2. The minimum Gasteiger partial charge on any atom is -0.367 e. The Balaban J connectivity index is 2.09. The number of aryl methyl sites for hydroxylation is 1. The maximum Gasteiger partial charge on any atom is 0.0984 e. The molecular formula is C19H19N3. The highest BCUT2D eigenvalue weighted by atomic mass is 15.1. The number of imidazole rings is 1. The van der Waals surface area contributed by atoms with Crippen LogP contribution >= 0.6 is 0 Å². The lowest BCUT2D eigenvalue weighted by Crippen LogP contribution is -2.24. The van der Waals surface area contributed by atoms with Crippen LogP contribution in [-0.2, 0) is 13.6 Å². The first-order chi connectivity index (χ1) is 10.8. The minimum absolute atomic E-state index is 0.925. The normalized spacial score (nSPS) is 12.9. The van der Waals surface area contributed by atoms with E-state index >= 15 is 0 Å². The molecule has 0 aliphatic carbocycles. The van der Waals surface area contributed by atoms with Gasteiger partial charge in [0.1, 0.15) is 0 Å². The van der Waals surface area contributed by atoms with Crippen LogP contribution in [0.1, 0.15) is 12.5 Å². The molecule has 0 fully saturated rings. The smallest absolute Gasteiger partial charge is 0.0984 e. The van der Waals surface area contributed by atoms with Crippen LogP contribution in [0.25, 0.3) is 22.5 Å². The Labute approximate surface area is 130 Å². The van der Waals surface area contributed by atoms with Gasteiger partial charge in [-0.25, -0.2) is 4.98 Å². The van der Waals surface area contributed by atoms with Crippen LogP contribution in [0, 0.1) is 0 Å². The van der Waals surface area contributed by atoms with E-state index in [9.17, 15) is 0 Å². The Morgan fingerprint density at radius 3 is 2.55 bits per heavy atom. The lowest BCUT2D eigenvalue weighted by Gasteiger charge is -2.29. The molecule has 2 aromatic carbocycles. The number of nitrogens with zero attached hydrogens (tertiary/aromatic N) is 3. The van der Waals surface area contributed by atoms with Gasteiger partial charge >= 0.3 is 0 Å². The van der Waals surface area contributed by atoms with Crippen molar-refractivity contribution in [3.63, 3.8) is 0 Å². The second-order valence-electron chi connectivity index (χ2n) is 5.74. The number of rotatable bonds is 1. The van der Waals surface area contributed by atoms with E-state index in [-0.39, 0.29) is 0 Å². The number of fused-ring (bicyclic) bond motifs is 5. The molecule has 3 heteroatoms. The quantitative estimate of drug-likeness (QED) is 0.672. The van der Waals surface area contributed by atoms with Gasteiger partial charge in [0, 0.05) is 37.0 Å². The summed E-state index contributed by atoms with van der Waals surface area (Å²) in [5.41, 5.74) is 7.39. The molecule has 0 radical (unpaired) electrons. The maximum atomic E-state index is 4.70. The molecule has 0 amide bonds. The summed E-state index contributed by atoms with van der Waals surface area (Å²) in [6.45, 7) is 4.11. The summed E-state index contributed by atoms with van der Waals surface area (Å²) >= 11 is 0. The van der Waals surface area contributed by atoms with Gasteiger partial charge in [0.15, 0.2) is 0 Å². The molecule has 110 valence electrons. The Hall–Kier alpha value is -2.55. The third-order valence-electron chi connectivity index (χ3n) is 4.45. The highest BCUT2D eigenvalue weighted by Gasteiger charge is 2.23. The SMILES string of the molecule is CCN1Cc2ccccc2-c2c(ncn2C)-c2ccccc21. The molecule has 0 bridgehead atoms. The molecule has 22 heavy (non-hydrogen) atoms. The summed E-state index contributed by atoms with van der Waals surface area (Å²) in [7, 11) is 2.07. The second-order valence-corrected chi connectivity index (χ2v) is 5.74. The average Bonchev–Trinajstić information content (AvgIpc) is 2.92. The number of anilines is 1. The fourth-order valence-electron chi connectivity index (χ4n) is 3.36. The molecule has 1 aliphatic heterocycles. The summed E-state index contributed by atoms with van der Waals surface area (Å²) in [6, 6.07) is 17.2. The Morgan fingerprint density at radius 2 is 1.73 bits per heavy atom. The highest BCUT2D eigenvalue weighted by molar-refractivity contribution is 5.88. The van der Waals surface area contributed by atoms with Crippen LogP contribution in [0.5, 0.6) is 0 Å². The van der Waals surface area contributed by atoms with E-state index in [1.807, 2.05) is 6.33 Å². The van der Waals surface area contributed by atoms with Gasteiger partial charge < -0.3 is 9.47 Å². The molecule has 1 aromatic heterocycles. The van der Waals surface area contributed by atoms with Crippen LogP contribution < -0.4 is 4.90 Å². The molecule has 1 aliphatic rings. The summed E-state index contributed by atoms with van der Waals surface area (Å²) in [5.74, 6) is 0. The molecule has 2 heterocycles. The topological polar surface area (TPSA) is 21.1 Å². The molecular weight excluding hydrogens is 270 g/mol. The number of hydrogen-bond donors (Lipinski definition) is 0. The first kappa shape index (κ1) is 13.1. The van der Waals surface area contributed by atoms with Crippen molar-refractivity contribution in [2.75, 3.05) is 11.4 Å². The van der Waals surface area contributed by atoms with E-state index in [4.69, 9.17) is 4.98 Å². The van der Waals surface area contributed by atoms with Crippen molar-refractivity contribution in [2.24, 2.45) is 7.05 Å². The first-order valence-corrected chi connectivity index (χ1v) is 7.73. The van der Waals surface area contributed by atoms with Crippen molar-refractivity contribution in [1.29, 1.82) is 0 Å². The summed E-state index contributed by atoms with van der Waals surface area (Å²) in [4.78, 5) is 7.13. The van der Waals surface area contributed by atoms with Crippen LogP contribution in [0.15, 0.2) is 54.9 Å². The van der Waals surface area contributed by atoms with Crippen LogP contribution in [0.3, 0.4) is 0 Å². The fourth-order valence-corrected chi connectivity index (χ4v) is 3.36. The van der Waals surface area contributed by atoms with Gasteiger partial charge in [-0.2, -0.15) is 0 Å². The predicted molar refractivity (Wildman–Crippen MR) is 90.8 cm³/mol. The number of para-hydroxylation sites is 1. The Kier molecular flexibility index (Phi) is 3.00. The van der Waals surface area contributed by atoms with E-state index < -0.39 is 0 Å². The lowest BCUT2D eigenvalue weighted by molar-refractivity contribution is 0.829. The van der Waals surface area contributed by atoms with Crippen molar-refractivity contribution in [3.05, 3.63) is 60.4 Å². The zero-order valence-corrected chi connectivity index (χ0v) is 13.0. The van der Waals surface area contributed by atoms with Crippen molar-refractivity contribution < 1.29 is 0 Å². The van der Waals surface area contributed by atoms with E-state index in [0.717, 1.165) is 18.8 Å². The van der Waals surface area contributed by atoms with Gasteiger partial charge in [-0.1, -0.05) is 42.5 Å². The largest absolute Gasteiger partial charge is 0.367 e. The maximum absolute atomic E-state index is 4.70. The van der Waals surface area contributed by atoms with Crippen LogP contribution in [-0.4, -0.2) is 16.1 Å². The van der Waals surface area contributed by atoms with Gasteiger partial charge in [-0.3, -0.25) is 0 Å². The lowest BCUT2D eigenvalue weighted by atomic mass is 9.96. The van der Waals surface area contributed by atoms with E-state index in [1.165, 1.54) is 28.1 Å². The average molecular weight is 289 g/mol. The van der Waals surface area contributed by atoms with E-state index in [0.29, 0.717) is 0 Å². The molecule has 0 spiro atoms. The zero-order valence-electron chi connectivity index (χ0n) is 13.0. The van der Waals surface area contributed by atoms with Crippen LogP contribution in [0.2, 0.25) is 0 Å². The molecule has 3 aromatic rings. The van der Waals surface area contributed by atoms with Gasteiger partial charge in [0.25, 0.3) is 0 Å². The molecule has 3 nitrogen and oxygen atoms in total. The number of benzene rings is 2. The van der Waals surface area contributed by atoms with Crippen molar-refractivity contribution in [3.8, 4) is 22.5 Å². The van der Waals surface area contributed by atoms with Gasteiger partial charge in [-0.05, 0) is 18.6 Å². The van der Waals surface area contributed by atoms with Crippen molar-refractivity contribution in [1.82, 2.24) is 9.55 Å². The summed E-state index contributed by atoms with van der Waals surface area (Å²) < 4.78 is 2.13. The standard InChI is InChI=1S/C19H19N3/c1-3-22-12-14-8-4-5-9-15(14)19-18(20-13-21(19)2)16-10-6-7-11-17(16)22/h4-11,13H,3,12H2,1-2H3. The molecule has 4 rings (SSSR count). The van der Waals surface area contributed by atoms with Crippen LogP contribution in [0.4, 0.5) is 5.69 Å². The van der Waals surface area contributed by atoms with E-state index in [1.54, 1.807) is 0 Å². The molecule has 0 unspecified atom stereocenters. The summed E-state index contributed by atoms with van der Waals surface area (Å²) in [5, 5.41) is 0. The Morgan fingerprint density at radius 1 is 1.00 bits per heavy atom. The third kappa shape index (κ3) is 1.86. The fraction of sp³-hybridized carbons (Fsp3) is 0.211. The number of aromatic nitrogens is 2. The Bertz CT molecular complexity index is 832. The van der Waals surface area contributed by atoms with Crippen molar-refractivity contribution in [2.45, 2.75) is 13.5 Å². The molecule has 0 atom stereocenters. The molecule has 0 saturated carbocycles. The monoisotopic (exact) mass is 289 g/mol. The van der Waals surface area contributed by atoms with Crippen molar-refractivity contribution >= 4 is 5.69 Å². The minimum atomic E-state index is 0.925. The first-order valence-electron chi connectivity index (χ1n) is 7.73. The molecule has 0 saturated heterocycles. The zero-order chi connectivity index (χ0) is 15.1. The van der Waals surface area contributed by atoms with Gasteiger partial charge in [0.2, 0.25) is 0 Å². The second kappa shape index (κ2) is 5.02. The highest BCUT2D eigenvalue weighted by Crippen LogP contribution is 2.40. The summed E-state index contributed by atoms with van der Waals surface area (Å²) in [6.07, 6.45) is 1.92. The molecule has 0 N–H and O–H groups in total. The van der Waals surface area contributed by atoms with Gasteiger partial charge in [0.05, 0.1) is 17.7 Å². The van der Waals surface area contributed by atoms with E-state index in [2.05, 4.69) is 72.0 Å². The van der Waals surface area contributed by atoms with Gasteiger partial charge in [-0.15, -0.1) is 0 Å².